The van der Waals surface area contributed by atoms with E-state index in [-0.39, 0.29) is 11.4 Å². The van der Waals surface area contributed by atoms with Crippen molar-refractivity contribution in [2.24, 2.45) is 0 Å². The minimum Gasteiger partial charge on any atom is -0.747 e. The standard InChI is InChI=1S/C12H12N2O3S/c1-9-5-4-7-11(14-9)12(18(15,16)17)10-6-2-3-8-13-10/h2-8,12H,1H3,(H,15,16,17)/p-1. The van der Waals surface area contributed by atoms with Crippen LogP contribution in [0.3, 0.4) is 0 Å². The van der Waals surface area contributed by atoms with Crippen molar-refractivity contribution in [1.29, 1.82) is 0 Å². The maximum Gasteiger partial charge on any atom is 0.133 e. The summed E-state index contributed by atoms with van der Waals surface area (Å²) in [7, 11) is -4.56. The summed E-state index contributed by atoms with van der Waals surface area (Å²) in [4.78, 5) is 8.03. The van der Waals surface area contributed by atoms with Crippen LogP contribution in [-0.2, 0) is 10.1 Å². The quantitative estimate of drug-likeness (QED) is 0.782. The molecule has 0 spiro atoms. The molecule has 0 amide bonds. The van der Waals surface area contributed by atoms with Gasteiger partial charge in [-0.1, -0.05) is 12.1 Å². The third kappa shape index (κ3) is 2.72. The van der Waals surface area contributed by atoms with E-state index in [4.69, 9.17) is 0 Å². The summed E-state index contributed by atoms with van der Waals surface area (Å²) in [6.07, 6.45) is 1.45. The molecule has 0 bridgehead atoms. The van der Waals surface area contributed by atoms with Gasteiger partial charge in [-0.3, -0.25) is 9.97 Å². The second-order valence-corrected chi connectivity index (χ2v) is 5.29. The van der Waals surface area contributed by atoms with Gasteiger partial charge in [-0.25, -0.2) is 8.42 Å². The second-order valence-electron chi connectivity index (χ2n) is 3.83. The van der Waals surface area contributed by atoms with Crippen LogP contribution in [0.5, 0.6) is 0 Å². The first kappa shape index (κ1) is 12.7. The number of rotatable bonds is 3. The minimum atomic E-state index is -4.56. The topological polar surface area (TPSA) is 83.0 Å². The molecule has 0 aromatic carbocycles. The molecule has 2 aromatic rings. The lowest BCUT2D eigenvalue weighted by atomic mass is 10.2. The van der Waals surface area contributed by atoms with Crippen molar-refractivity contribution in [1.82, 2.24) is 9.97 Å². The smallest absolute Gasteiger partial charge is 0.133 e. The van der Waals surface area contributed by atoms with Gasteiger partial charge in [-0.15, -0.1) is 0 Å². The van der Waals surface area contributed by atoms with Gasteiger partial charge in [-0.05, 0) is 31.2 Å². The summed E-state index contributed by atoms with van der Waals surface area (Å²) < 4.78 is 34.2. The molecule has 2 aromatic heterocycles. The number of hydrogen-bond donors (Lipinski definition) is 0. The summed E-state index contributed by atoms with van der Waals surface area (Å²) in [5, 5.41) is -1.36. The van der Waals surface area contributed by atoms with Gasteiger partial charge in [0.2, 0.25) is 0 Å². The van der Waals surface area contributed by atoms with Crippen LogP contribution in [-0.4, -0.2) is 22.9 Å². The van der Waals surface area contributed by atoms with Crippen LogP contribution < -0.4 is 0 Å². The van der Waals surface area contributed by atoms with Gasteiger partial charge in [0.15, 0.2) is 0 Å². The lowest BCUT2D eigenvalue weighted by Gasteiger charge is -2.19. The van der Waals surface area contributed by atoms with Gasteiger partial charge in [0.1, 0.15) is 15.4 Å². The lowest BCUT2D eigenvalue weighted by Crippen LogP contribution is -2.16. The Labute approximate surface area is 105 Å². The Balaban J connectivity index is 2.58. The fourth-order valence-electron chi connectivity index (χ4n) is 1.69. The van der Waals surface area contributed by atoms with E-state index in [0.29, 0.717) is 5.69 Å². The van der Waals surface area contributed by atoms with Gasteiger partial charge in [0, 0.05) is 11.9 Å². The fourth-order valence-corrected chi connectivity index (χ4v) is 2.55. The fraction of sp³-hybridized carbons (Fsp3) is 0.167. The SMILES string of the molecule is Cc1cccc(C(c2ccccn2)S(=O)(=O)[O-])n1. The molecule has 2 heterocycles. The zero-order valence-corrected chi connectivity index (χ0v) is 10.5. The van der Waals surface area contributed by atoms with E-state index in [0.717, 1.165) is 0 Å². The monoisotopic (exact) mass is 263 g/mol. The maximum atomic E-state index is 11.4. The number of nitrogens with zero attached hydrogens (tertiary/aromatic N) is 2. The van der Waals surface area contributed by atoms with Crippen LogP contribution >= 0.6 is 0 Å². The highest BCUT2D eigenvalue weighted by atomic mass is 32.2. The highest BCUT2D eigenvalue weighted by Crippen LogP contribution is 2.26. The molecule has 0 aliphatic carbocycles. The van der Waals surface area contributed by atoms with E-state index in [1.54, 1.807) is 31.2 Å². The molecule has 0 aliphatic rings. The van der Waals surface area contributed by atoms with Gasteiger partial charge in [0.05, 0.1) is 11.4 Å². The lowest BCUT2D eigenvalue weighted by molar-refractivity contribution is 0.453. The van der Waals surface area contributed by atoms with Gasteiger partial charge in [0.25, 0.3) is 0 Å². The maximum absolute atomic E-state index is 11.4. The summed E-state index contributed by atoms with van der Waals surface area (Å²) in [5.41, 5.74) is 1.03. The van der Waals surface area contributed by atoms with E-state index >= 15 is 0 Å². The van der Waals surface area contributed by atoms with E-state index in [2.05, 4.69) is 9.97 Å². The molecule has 0 saturated carbocycles. The average molecular weight is 263 g/mol. The third-order valence-corrected chi connectivity index (χ3v) is 3.48. The summed E-state index contributed by atoms with van der Waals surface area (Å²) in [5.74, 6) is 0. The van der Waals surface area contributed by atoms with Crippen molar-refractivity contribution < 1.29 is 13.0 Å². The molecule has 94 valence electrons. The predicted octanol–water partition coefficient (Wildman–Crippen LogP) is 1.42. The van der Waals surface area contributed by atoms with Crippen LogP contribution in [0.25, 0.3) is 0 Å². The molecule has 18 heavy (non-hydrogen) atoms. The van der Waals surface area contributed by atoms with Crippen molar-refractivity contribution in [2.45, 2.75) is 12.2 Å². The molecule has 1 unspecified atom stereocenters. The molecular formula is C12H11N2O3S-. The van der Waals surface area contributed by atoms with Gasteiger partial charge in [-0.2, -0.15) is 0 Å². The highest BCUT2D eigenvalue weighted by molar-refractivity contribution is 7.86. The Morgan fingerprint density at radius 2 is 1.83 bits per heavy atom. The van der Waals surface area contributed by atoms with Crippen LogP contribution in [0, 0.1) is 6.92 Å². The van der Waals surface area contributed by atoms with E-state index in [9.17, 15) is 13.0 Å². The van der Waals surface area contributed by atoms with Gasteiger partial charge >= 0.3 is 0 Å². The van der Waals surface area contributed by atoms with Crippen LogP contribution in [0.4, 0.5) is 0 Å². The molecule has 5 nitrogen and oxygen atoms in total. The molecule has 2 rings (SSSR count). The summed E-state index contributed by atoms with van der Waals surface area (Å²) in [6.45, 7) is 1.73. The van der Waals surface area contributed by atoms with Crippen molar-refractivity contribution in [3.05, 3.63) is 59.7 Å². The Morgan fingerprint density at radius 3 is 2.39 bits per heavy atom. The van der Waals surface area contributed by atoms with Crippen molar-refractivity contribution in [3.8, 4) is 0 Å². The van der Waals surface area contributed by atoms with Crippen molar-refractivity contribution in [2.75, 3.05) is 0 Å². The largest absolute Gasteiger partial charge is 0.747 e. The highest BCUT2D eigenvalue weighted by Gasteiger charge is 2.23. The first-order chi connectivity index (χ1) is 8.48. The Kier molecular flexibility index (Phi) is 3.40. The Bertz CT molecular complexity index is 641. The van der Waals surface area contributed by atoms with Crippen LogP contribution in [0.15, 0.2) is 42.6 Å². The van der Waals surface area contributed by atoms with E-state index in [1.807, 2.05) is 0 Å². The zero-order valence-electron chi connectivity index (χ0n) is 9.65. The zero-order chi connectivity index (χ0) is 13.2. The molecule has 0 fully saturated rings. The average Bonchev–Trinajstić information content (AvgIpc) is 2.28. The molecule has 0 N–H and O–H groups in total. The molecule has 6 heteroatoms. The molecule has 1 atom stereocenters. The Morgan fingerprint density at radius 1 is 1.11 bits per heavy atom. The molecule has 0 aliphatic heterocycles. The Hall–Kier alpha value is -1.79. The molecular weight excluding hydrogens is 252 g/mol. The number of aryl methyl sites for hydroxylation is 1. The number of aromatic nitrogens is 2. The van der Waals surface area contributed by atoms with Crippen molar-refractivity contribution >= 4 is 10.1 Å². The van der Waals surface area contributed by atoms with Crippen LogP contribution in [0.1, 0.15) is 22.3 Å². The normalized spacial score (nSPS) is 13.2. The van der Waals surface area contributed by atoms with E-state index in [1.165, 1.54) is 18.3 Å². The minimum absolute atomic E-state index is 0.186. The first-order valence-corrected chi connectivity index (χ1v) is 6.75. The number of hydrogen-bond acceptors (Lipinski definition) is 5. The van der Waals surface area contributed by atoms with Crippen LogP contribution in [0.2, 0.25) is 0 Å². The first-order valence-electron chi connectivity index (χ1n) is 5.27. The summed E-state index contributed by atoms with van der Waals surface area (Å²) in [6, 6.07) is 9.71. The van der Waals surface area contributed by atoms with Crippen molar-refractivity contribution in [3.63, 3.8) is 0 Å². The molecule has 0 radical (unpaired) electrons. The predicted molar refractivity (Wildman–Crippen MR) is 64.8 cm³/mol. The molecule has 0 saturated heterocycles. The van der Waals surface area contributed by atoms with Gasteiger partial charge < -0.3 is 4.55 Å². The third-order valence-electron chi connectivity index (χ3n) is 2.42. The van der Waals surface area contributed by atoms with E-state index < -0.39 is 15.4 Å². The second kappa shape index (κ2) is 4.83. The number of pyridine rings is 2. The summed E-state index contributed by atoms with van der Waals surface area (Å²) >= 11 is 0.